The zero-order valence-electron chi connectivity index (χ0n) is 12.4. The monoisotopic (exact) mass is 262 g/mol. The maximum atomic E-state index is 9.13. The van der Waals surface area contributed by atoms with Crippen molar-refractivity contribution in [3.05, 3.63) is 0 Å². The summed E-state index contributed by atoms with van der Waals surface area (Å²) in [7, 11) is -1.04. The third-order valence-corrected chi connectivity index (χ3v) is 9.70. The van der Waals surface area contributed by atoms with Crippen molar-refractivity contribution in [2.75, 3.05) is 31.3 Å². The normalized spacial score (nSPS) is 12.9. The maximum absolute atomic E-state index is 9.13. The molecule has 0 bridgehead atoms. The number of hydrogen-bond acceptors (Lipinski definition) is 1. The van der Waals surface area contributed by atoms with E-state index in [9.17, 15) is 0 Å². The molecule has 0 atom stereocenters. The van der Waals surface area contributed by atoms with Crippen LogP contribution in [0.15, 0.2) is 0 Å². The molecule has 2 heteroatoms. The SMILES string of the molecule is CCCC[PH](CCCC)(CCCC)CCCO. The molecule has 0 amide bonds. The Kier molecular flexibility index (Phi) is 11.7. The van der Waals surface area contributed by atoms with E-state index in [4.69, 9.17) is 5.11 Å². The molecule has 0 unspecified atom stereocenters. The van der Waals surface area contributed by atoms with Crippen LogP contribution in [0.2, 0.25) is 0 Å². The van der Waals surface area contributed by atoms with Crippen molar-refractivity contribution in [2.24, 2.45) is 0 Å². The van der Waals surface area contributed by atoms with Gasteiger partial charge in [-0.05, 0) is 0 Å². The number of aliphatic hydroxyl groups is 1. The Labute approximate surface area is 110 Å². The first kappa shape index (κ1) is 17.4. The van der Waals surface area contributed by atoms with Crippen molar-refractivity contribution in [1.82, 2.24) is 0 Å². The van der Waals surface area contributed by atoms with Crippen molar-refractivity contribution in [1.29, 1.82) is 0 Å². The molecule has 0 aromatic rings. The van der Waals surface area contributed by atoms with Crippen molar-refractivity contribution >= 4 is 7.26 Å². The third-order valence-electron chi connectivity index (χ3n) is 4.05. The summed E-state index contributed by atoms with van der Waals surface area (Å²) in [5, 5.41) is 9.13. The predicted octanol–water partition coefficient (Wildman–Crippen LogP) is 4.52. The molecular weight excluding hydrogens is 227 g/mol. The van der Waals surface area contributed by atoms with Gasteiger partial charge in [0, 0.05) is 0 Å². The topological polar surface area (TPSA) is 20.2 Å². The first-order valence-corrected chi connectivity index (χ1v) is 10.7. The van der Waals surface area contributed by atoms with Crippen LogP contribution in [-0.4, -0.2) is 36.4 Å². The van der Waals surface area contributed by atoms with Crippen molar-refractivity contribution in [3.8, 4) is 0 Å². The minimum atomic E-state index is -1.04. The van der Waals surface area contributed by atoms with E-state index in [1.54, 1.807) is 0 Å². The van der Waals surface area contributed by atoms with Gasteiger partial charge in [-0.1, -0.05) is 0 Å². The van der Waals surface area contributed by atoms with Gasteiger partial charge in [-0.2, -0.15) is 0 Å². The van der Waals surface area contributed by atoms with Gasteiger partial charge in [-0.15, -0.1) is 0 Å². The van der Waals surface area contributed by atoms with Crippen LogP contribution in [0, 0.1) is 0 Å². The number of hydrogen-bond donors (Lipinski definition) is 1. The fourth-order valence-electron chi connectivity index (χ4n) is 2.86. The Morgan fingerprint density at radius 3 is 1.29 bits per heavy atom. The molecule has 0 rings (SSSR count). The molecule has 0 fully saturated rings. The van der Waals surface area contributed by atoms with Crippen LogP contribution < -0.4 is 0 Å². The first-order valence-electron chi connectivity index (χ1n) is 7.85. The second-order valence-electron chi connectivity index (χ2n) is 5.64. The van der Waals surface area contributed by atoms with Gasteiger partial charge in [-0.3, -0.25) is 0 Å². The summed E-state index contributed by atoms with van der Waals surface area (Å²) < 4.78 is 0. The molecule has 0 aromatic carbocycles. The van der Waals surface area contributed by atoms with E-state index >= 15 is 0 Å². The molecule has 0 aromatic heterocycles. The Bertz CT molecular complexity index is 121. The fraction of sp³-hybridized carbons (Fsp3) is 1.00. The molecule has 1 nitrogen and oxygen atoms in total. The summed E-state index contributed by atoms with van der Waals surface area (Å²) in [6.07, 6.45) is 15.3. The van der Waals surface area contributed by atoms with Gasteiger partial charge in [-0.25, -0.2) is 0 Å². The number of unbranched alkanes of at least 4 members (excludes halogenated alkanes) is 3. The molecule has 0 radical (unpaired) electrons. The summed E-state index contributed by atoms with van der Waals surface area (Å²) in [5.41, 5.74) is 0. The van der Waals surface area contributed by atoms with Crippen LogP contribution in [0.3, 0.4) is 0 Å². The van der Waals surface area contributed by atoms with Gasteiger partial charge in [0.15, 0.2) is 0 Å². The Hall–Kier alpha value is 0.390. The van der Waals surface area contributed by atoms with Crippen molar-refractivity contribution < 1.29 is 5.11 Å². The van der Waals surface area contributed by atoms with Crippen LogP contribution in [0.4, 0.5) is 0 Å². The molecule has 0 aliphatic carbocycles. The van der Waals surface area contributed by atoms with Gasteiger partial charge in [0.1, 0.15) is 0 Å². The molecular formula is C15H35OP. The van der Waals surface area contributed by atoms with Crippen molar-refractivity contribution in [3.63, 3.8) is 0 Å². The standard InChI is InChI=1S/C15H35OP/c1-4-7-12-17(13-8-5-2,14-9-6-3)15-10-11-16/h16-17H,4-15H2,1-3H3. The predicted molar refractivity (Wildman–Crippen MR) is 84.2 cm³/mol. The van der Waals surface area contributed by atoms with E-state index in [0.717, 1.165) is 6.42 Å². The summed E-state index contributed by atoms with van der Waals surface area (Å²) in [6, 6.07) is 0. The number of aliphatic hydroxyl groups excluding tert-OH is 1. The Balaban J connectivity index is 4.39. The molecule has 106 valence electrons. The zero-order valence-corrected chi connectivity index (χ0v) is 13.4. The molecule has 0 spiro atoms. The van der Waals surface area contributed by atoms with Gasteiger partial charge in [0.05, 0.1) is 0 Å². The molecule has 0 heterocycles. The number of rotatable bonds is 12. The van der Waals surface area contributed by atoms with E-state index in [1.807, 2.05) is 0 Å². The fourth-order valence-corrected chi connectivity index (χ4v) is 8.58. The summed E-state index contributed by atoms with van der Waals surface area (Å²) in [6.45, 7) is 7.33. The first-order chi connectivity index (χ1) is 8.24. The Morgan fingerprint density at radius 2 is 1.00 bits per heavy atom. The van der Waals surface area contributed by atoms with Gasteiger partial charge in [0.2, 0.25) is 0 Å². The average molecular weight is 262 g/mol. The molecule has 0 saturated heterocycles. The molecule has 0 saturated carbocycles. The zero-order chi connectivity index (χ0) is 13.0. The van der Waals surface area contributed by atoms with Gasteiger partial charge < -0.3 is 0 Å². The third kappa shape index (κ3) is 8.16. The minimum absolute atomic E-state index is 0.402. The second kappa shape index (κ2) is 11.5. The van der Waals surface area contributed by atoms with Gasteiger partial charge in [0.25, 0.3) is 0 Å². The second-order valence-corrected chi connectivity index (χ2v) is 10.6. The summed E-state index contributed by atoms with van der Waals surface area (Å²) in [5.74, 6) is 0. The molecule has 0 aliphatic heterocycles. The van der Waals surface area contributed by atoms with E-state index in [0.29, 0.717) is 6.61 Å². The average Bonchev–Trinajstić information content (AvgIpc) is 2.37. The van der Waals surface area contributed by atoms with Crippen LogP contribution in [0.25, 0.3) is 0 Å². The molecule has 0 aliphatic rings. The molecule has 17 heavy (non-hydrogen) atoms. The summed E-state index contributed by atoms with van der Waals surface area (Å²) >= 11 is 0. The van der Waals surface area contributed by atoms with E-state index < -0.39 is 7.26 Å². The summed E-state index contributed by atoms with van der Waals surface area (Å²) in [4.78, 5) is 0. The Morgan fingerprint density at radius 1 is 0.647 bits per heavy atom. The van der Waals surface area contributed by atoms with Crippen LogP contribution in [0.1, 0.15) is 65.7 Å². The van der Waals surface area contributed by atoms with E-state index in [-0.39, 0.29) is 0 Å². The van der Waals surface area contributed by atoms with Crippen LogP contribution in [0.5, 0.6) is 0 Å². The molecule has 1 N–H and O–H groups in total. The van der Waals surface area contributed by atoms with E-state index in [2.05, 4.69) is 20.8 Å². The van der Waals surface area contributed by atoms with Crippen LogP contribution >= 0.6 is 7.26 Å². The van der Waals surface area contributed by atoms with E-state index in [1.165, 1.54) is 63.2 Å². The van der Waals surface area contributed by atoms with Gasteiger partial charge >= 0.3 is 109 Å². The van der Waals surface area contributed by atoms with Crippen molar-refractivity contribution in [2.45, 2.75) is 65.7 Å². The van der Waals surface area contributed by atoms with Crippen LogP contribution in [-0.2, 0) is 0 Å². The quantitative estimate of drug-likeness (QED) is 0.513.